The number of fused-ring (bicyclic) bond motifs is 2. The minimum atomic E-state index is -0.150. The smallest absolute Gasteiger partial charge is 0.124 e. The second-order valence-corrected chi connectivity index (χ2v) is 6.14. The summed E-state index contributed by atoms with van der Waals surface area (Å²) >= 11 is 1.68. The van der Waals surface area contributed by atoms with Gasteiger partial charge in [0, 0.05) is 9.79 Å². The molecule has 0 saturated carbocycles. The third-order valence-electron chi connectivity index (χ3n) is 3.38. The van der Waals surface area contributed by atoms with Crippen molar-refractivity contribution < 1.29 is 4.39 Å². The Morgan fingerprint density at radius 3 is 2.61 bits per heavy atom. The van der Waals surface area contributed by atoms with Crippen molar-refractivity contribution in [2.75, 3.05) is 0 Å². The maximum atomic E-state index is 13.2. The highest BCUT2D eigenvalue weighted by Crippen LogP contribution is 2.40. The fourth-order valence-electron chi connectivity index (χ4n) is 2.29. The maximum Gasteiger partial charge on any atom is 0.124 e. The highest BCUT2D eigenvalue weighted by atomic mass is 32.2. The zero-order valence-corrected chi connectivity index (χ0v) is 11.4. The fourth-order valence-corrected chi connectivity index (χ4v) is 3.37. The summed E-state index contributed by atoms with van der Waals surface area (Å²) < 4.78 is 13.2. The molecule has 0 saturated heterocycles. The van der Waals surface area contributed by atoms with Crippen LogP contribution in [0, 0.1) is 5.82 Å². The lowest BCUT2D eigenvalue weighted by molar-refractivity contribution is 0.622. The predicted molar refractivity (Wildman–Crippen MR) is 73.9 cm³/mol. The van der Waals surface area contributed by atoms with Crippen molar-refractivity contribution in [1.82, 2.24) is 0 Å². The number of halogens is 1. The van der Waals surface area contributed by atoms with Gasteiger partial charge in [-0.1, -0.05) is 43.8 Å². The molecule has 0 aromatic heterocycles. The number of rotatable bonds is 1. The number of benzene rings is 2. The number of hydrogen-bond acceptors (Lipinski definition) is 1. The molecule has 1 aliphatic heterocycles. The molecule has 0 nitrogen and oxygen atoms in total. The Balaban J connectivity index is 2.02. The summed E-state index contributed by atoms with van der Waals surface area (Å²) in [6, 6.07) is 11.7. The first-order valence-corrected chi connectivity index (χ1v) is 7.04. The first-order chi connectivity index (χ1) is 8.63. The molecule has 2 aromatic rings. The van der Waals surface area contributed by atoms with Gasteiger partial charge in [0.1, 0.15) is 5.82 Å². The van der Waals surface area contributed by atoms with Crippen LogP contribution in [0.1, 0.15) is 36.5 Å². The Morgan fingerprint density at radius 2 is 1.83 bits per heavy atom. The molecule has 0 radical (unpaired) electrons. The van der Waals surface area contributed by atoms with E-state index in [9.17, 15) is 4.39 Å². The van der Waals surface area contributed by atoms with Crippen molar-refractivity contribution >= 4 is 11.8 Å². The lowest BCUT2D eigenvalue weighted by Crippen LogP contribution is -2.01. The van der Waals surface area contributed by atoms with Crippen LogP contribution in [-0.2, 0) is 6.42 Å². The highest BCUT2D eigenvalue weighted by molar-refractivity contribution is 7.99. The van der Waals surface area contributed by atoms with E-state index in [1.807, 2.05) is 6.07 Å². The van der Waals surface area contributed by atoms with Crippen LogP contribution in [0.2, 0.25) is 0 Å². The molecule has 18 heavy (non-hydrogen) atoms. The molecular formula is C16H15FS. The van der Waals surface area contributed by atoms with Gasteiger partial charge in [0.05, 0.1) is 0 Å². The molecule has 0 bridgehead atoms. The van der Waals surface area contributed by atoms with Crippen LogP contribution in [0.25, 0.3) is 0 Å². The minimum absolute atomic E-state index is 0.150. The molecule has 0 amide bonds. The van der Waals surface area contributed by atoms with Gasteiger partial charge in [-0.15, -0.1) is 0 Å². The highest BCUT2D eigenvalue weighted by Gasteiger charge is 2.17. The van der Waals surface area contributed by atoms with E-state index in [-0.39, 0.29) is 5.82 Å². The van der Waals surface area contributed by atoms with E-state index in [1.54, 1.807) is 23.9 Å². The van der Waals surface area contributed by atoms with Crippen LogP contribution in [-0.4, -0.2) is 0 Å². The van der Waals surface area contributed by atoms with Crippen molar-refractivity contribution in [3.8, 4) is 0 Å². The van der Waals surface area contributed by atoms with Gasteiger partial charge in [0.15, 0.2) is 0 Å². The van der Waals surface area contributed by atoms with Crippen molar-refractivity contribution in [3.05, 3.63) is 58.9 Å². The fraction of sp³-hybridized carbons (Fsp3) is 0.250. The third kappa shape index (κ3) is 2.05. The second kappa shape index (κ2) is 4.43. The largest absolute Gasteiger partial charge is 0.207 e. The van der Waals surface area contributed by atoms with Crippen LogP contribution >= 0.6 is 11.8 Å². The first-order valence-electron chi connectivity index (χ1n) is 6.22. The first kappa shape index (κ1) is 11.8. The molecular weight excluding hydrogens is 243 g/mol. The summed E-state index contributed by atoms with van der Waals surface area (Å²) in [5, 5.41) is 0. The van der Waals surface area contributed by atoms with E-state index >= 15 is 0 Å². The van der Waals surface area contributed by atoms with Crippen molar-refractivity contribution in [3.63, 3.8) is 0 Å². The summed E-state index contributed by atoms with van der Waals surface area (Å²) in [5.74, 6) is 0.401. The summed E-state index contributed by atoms with van der Waals surface area (Å²) in [5.41, 5.74) is 3.97. The van der Waals surface area contributed by atoms with Gasteiger partial charge >= 0.3 is 0 Å². The number of hydrogen-bond donors (Lipinski definition) is 0. The Kier molecular flexibility index (Phi) is 2.90. The van der Waals surface area contributed by atoms with E-state index in [2.05, 4.69) is 32.0 Å². The Morgan fingerprint density at radius 1 is 1.00 bits per heavy atom. The third-order valence-corrected chi connectivity index (χ3v) is 4.60. The van der Waals surface area contributed by atoms with Crippen LogP contribution in [0.4, 0.5) is 4.39 Å². The molecule has 2 aromatic carbocycles. The maximum absolute atomic E-state index is 13.2. The van der Waals surface area contributed by atoms with E-state index in [0.29, 0.717) is 5.92 Å². The van der Waals surface area contributed by atoms with Gasteiger partial charge in [-0.3, -0.25) is 0 Å². The summed E-state index contributed by atoms with van der Waals surface area (Å²) in [6.07, 6.45) is 0.915. The molecule has 2 heteroatoms. The quantitative estimate of drug-likeness (QED) is 0.591. The Hall–Kier alpha value is -1.28. The van der Waals surface area contributed by atoms with E-state index in [0.717, 1.165) is 11.3 Å². The van der Waals surface area contributed by atoms with Gasteiger partial charge in [0.2, 0.25) is 0 Å². The average molecular weight is 258 g/mol. The van der Waals surface area contributed by atoms with Crippen molar-refractivity contribution in [1.29, 1.82) is 0 Å². The van der Waals surface area contributed by atoms with Crippen molar-refractivity contribution in [2.24, 2.45) is 0 Å². The Bertz CT molecular complexity index is 602. The monoisotopic (exact) mass is 258 g/mol. The lowest BCUT2D eigenvalue weighted by atomic mass is 9.97. The van der Waals surface area contributed by atoms with Crippen LogP contribution in [0.15, 0.2) is 46.2 Å². The van der Waals surface area contributed by atoms with Gasteiger partial charge in [-0.2, -0.15) is 0 Å². The van der Waals surface area contributed by atoms with Gasteiger partial charge in [0.25, 0.3) is 0 Å². The van der Waals surface area contributed by atoms with Gasteiger partial charge in [-0.25, -0.2) is 4.39 Å². The summed E-state index contributed by atoms with van der Waals surface area (Å²) in [4.78, 5) is 2.32. The van der Waals surface area contributed by atoms with Crippen LogP contribution in [0.5, 0.6) is 0 Å². The second-order valence-electron chi connectivity index (χ2n) is 5.05. The van der Waals surface area contributed by atoms with Gasteiger partial charge < -0.3 is 0 Å². The van der Waals surface area contributed by atoms with E-state index in [1.165, 1.54) is 21.6 Å². The minimum Gasteiger partial charge on any atom is -0.207 e. The van der Waals surface area contributed by atoms with Crippen LogP contribution < -0.4 is 0 Å². The standard InChI is InChI=1S/C16H15FS/c1-10(2)11-4-6-15-13(7-11)8-12-3-5-14(17)9-16(12)18-15/h3-7,9-10H,8H2,1-2H3. The molecule has 0 fully saturated rings. The van der Waals surface area contributed by atoms with Crippen LogP contribution in [0.3, 0.4) is 0 Å². The molecule has 92 valence electrons. The molecule has 0 unspecified atom stereocenters. The Labute approximate surface area is 111 Å². The topological polar surface area (TPSA) is 0 Å². The normalized spacial score (nSPS) is 13.3. The molecule has 1 aliphatic rings. The van der Waals surface area contributed by atoms with Gasteiger partial charge in [-0.05, 0) is 47.2 Å². The zero-order chi connectivity index (χ0) is 12.7. The molecule has 0 atom stereocenters. The van der Waals surface area contributed by atoms with E-state index in [4.69, 9.17) is 0 Å². The predicted octanol–water partition coefficient (Wildman–Crippen LogP) is 5.00. The molecule has 0 spiro atoms. The summed E-state index contributed by atoms with van der Waals surface area (Å²) in [6.45, 7) is 4.42. The summed E-state index contributed by atoms with van der Waals surface area (Å²) in [7, 11) is 0. The molecule has 0 N–H and O–H groups in total. The lowest BCUT2D eigenvalue weighted by Gasteiger charge is -2.20. The van der Waals surface area contributed by atoms with Crippen molar-refractivity contribution in [2.45, 2.75) is 36.0 Å². The average Bonchev–Trinajstić information content (AvgIpc) is 2.35. The molecule has 3 rings (SSSR count). The SMILES string of the molecule is CC(C)c1ccc2c(c1)Cc1ccc(F)cc1S2. The van der Waals surface area contributed by atoms with E-state index < -0.39 is 0 Å². The molecule has 1 heterocycles. The molecule has 0 aliphatic carbocycles. The zero-order valence-electron chi connectivity index (χ0n) is 10.5.